The Hall–Kier alpha value is -3.54. The Kier molecular flexibility index (Phi) is 7.43. The molecule has 1 aliphatic heterocycles. The zero-order valence-electron chi connectivity index (χ0n) is 21.7. The summed E-state index contributed by atoms with van der Waals surface area (Å²) in [4.78, 5) is 13.7. The molecule has 0 spiro atoms. The predicted octanol–water partition coefficient (Wildman–Crippen LogP) is 0.596. The quantitative estimate of drug-likeness (QED) is 0.184. The van der Waals surface area contributed by atoms with Crippen LogP contribution in [0.4, 0.5) is 10.2 Å². The van der Waals surface area contributed by atoms with Crippen molar-refractivity contribution in [2.75, 3.05) is 11.9 Å². The van der Waals surface area contributed by atoms with E-state index in [2.05, 4.69) is 30.1 Å². The number of sulfonamides is 1. The van der Waals surface area contributed by atoms with Gasteiger partial charge in [-0.3, -0.25) is 4.57 Å². The van der Waals surface area contributed by atoms with Gasteiger partial charge in [0.2, 0.25) is 10.0 Å². The number of aromatic nitrogens is 6. The number of halogens is 1. The predicted molar refractivity (Wildman–Crippen MR) is 142 cm³/mol. The normalized spacial score (nSPS) is 23.5. The minimum absolute atomic E-state index is 0.0687. The summed E-state index contributed by atoms with van der Waals surface area (Å²) in [7, 11) is -3.89. The lowest BCUT2D eigenvalue weighted by molar-refractivity contribution is -0.0511. The number of nitrogens with one attached hydrogen (secondary N) is 2. The van der Waals surface area contributed by atoms with Crippen LogP contribution in [0.2, 0.25) is 0 Å². The largest absolute Gasteiger partial charge is 0.394 e. The molecule has 16 heteroatoms. The monoisotopic (exact) mass is 588 g/mol. The lowest BCUT2D eigenvalue weighted by Gasteiger charge is -2.18. The highest BCUT2D eigenvalue weighted by Crippen LogP contribution is 2.33. The Balaban J connectivity index is 1.31. The molecule has 1 aliphatic carbocycles. The fourth-order valence-corrected chi connectivity index (χ4v) is 6.12. The number of ether oxygens (including phenoxy) is 1. The van der Waals surface area contributed by atoms with E-state index in [1.807, 2.05) is 0 Å². The van der Waals surface area contributed by atoms with Gasteiger partial charge in [-0.2, -0.15) is 15.1 Å². The van der Waals surface area contributed by atoms with E-state index in [1.165, 1.54) is 33.9 Å². The van der Waals surface area contributed by atoms with Gasteiger partial charge in [-0.1, -0.05) is 12.8 Å². The topological polar surface area (TPSA) is 190 Å². The van der Waals surface area contributed by atoms with Gasteiger partial charge in [0.05, 0.1) is 24.0 Å². The van der Waals surface area contributed by atoms with E-state index in [9.17, 15) is 28.1 Å². The fourth-order valence-electron chi connectivity index (χ4n) is 5.10. The van der Waals surface area contributed by atoms with Crippen LogP contribution in [0.5, 0.6) is 0 Å². The molecule has 3 aromatic heterocycles. The van der Waals surface area contributed by atoms with Gasteiger partial charge in [-0.05, 0) is 37.1 Å². The second-order valence-electron chi connectivity index (χ2n) is 10.1. The number of imidazole rings is 1. The molecular formula is C25H29FN8O6S. The van der Waals surface area contributed by atoms with Crippen LogP contribution in [-0.2, 0) is 21.3 Å². The molecule has 41 heavy (non-hydrogen) atoms. The van der Waals surface area contributed by atoms with Crippen LogP contribution in [0.3, 0.4) is 0 Å². The molecule has 1 aromatic carbocycles. The minimum Gasteiger partial charge on any atom is -0.394 e. The average molecular weight is 589 g/mol. The second kappa shape index (κ2) is 11.0. The number of anilines is 1. The first-order valence-electron chi connectivity index (χ1n) is 13.2. The van der Waals surface area contributed by atoms with E-state index < -0.39 is 47.0 Å². The smallest absolute Gasteiger partial charge is 0.254 e. The van der Waals surface area contributed by atoms with Gasteiger partial charge in [0.15, 0.2) is 23.2 Å². The van der Waals surface area contributed by atoms with E-state index in [1.54, 1.807) is 6.20 Å². The minimum atomic E-state index is -3.89. The Bertz CT molecular complexity index is 1640. The molecule has 6 rings (SSSR count). The number of fused-ring (bicyclic) bond motifs is 1. The summed E-state index contributed by atoms with van der Waals surface area (Å²) in [5, 5.41) is 38.2. The summed E-state index contributed by atoms with van der Waals surface area (Å²) in [6.45, 7) is -0.563. The molecule has 14 nitrogen and oxygen atoms in total. The van der Waals surface area contributed by atoms with Crippen LogP contribution in [0.1, 0.15) is 37.5 Å². The van der Waals surface area contributed by atoms with Crippen molar-refractivity contribution in [2.24, 2.45) is 0 Å². The molecule has 4 aromatic rings. The van der Waals surface area contributed by atoms with E-state index >= 15 is 0 Å². The molecule has 0 bridgehead atoms. The van der Waals surface area contributed by atoms with Crippen molar-refractivity contribution in [3.8, 4) is 5.95 Å². The summed E-state index contributed by atoms with van der Waals surface area (Å²) < 4.78 is 49.4. The van der Waals surface area contributed by atoms with E-state index in [4.69, 9.17) is 4.74 Å². The van der Waals surface area contributed by atoms with Gasteiger partial charge in [0.25, 0.3) is 5.95 Å². The molecule has 1 saturated carbocycles. The molecule has 1 saturated heterocycles. The van der Waals surface area contributed by atoms with E-state index in [-0.39, 0.29) is 23.4 Å². The Morgan fingerprint density at radius 3 is 2.56 bits per heavy atom. The van der Waals surface area contributed by atoms with Crippen LogP contribution in [0.15, 0.2) is 47.9 Å². The highest BCUT2D eigenvalue weighted by molar-refractivity contribution is 7.89. The maximum absolute atomic E-state index is 13.2. The van der Waals surface area contributed by atoms with Crippen LogP contribution >= 0.6 is 0 Å². The van der Waals surface area contributed by atoms with Crippen molar-refractivity contribution in [3.05, 3.63) is 54.4 Å². The second-order valence-corrected chi connectivity index (χ2v) is 11.9. The van der Waals surface area contributed by atoms with Gasteiger partial charge in [-0.15, -0.1) is 0 Å². The number of nitrogens with zero attached hydrogens (tertiary/aromatic N) is 6. The molecule has 2 aliphatic rings. The van der Waals surface area contributed by atoms with Crippen LogP contribution in [0, 0.1) is 5.82 Å². The molecule has 4 atom stereocenters. The summed E-state index contributed by atoms with van der Waals surface area (Å²) in [5.74, 6) is 0.0688. The number of benzene rings is 1. The molecule has 218 valence electrons. The van der Waals surface area contributed by atoms with Crippen LogP contribution < -0.4 is 10.0 Å². The molecule has 4 heterocycles. The highest BCUT2D eigenvalue weighted by atomic mass is 32.2. The number of rotatable bonds is 9. The highest BCUT2D eigenvalue weighted by Gasteiger charge is 2.44. The molecule has 0 unspecified atom stereocenters. The van der Waals surface area contributed by atoms with Crippen molar-refractivity contribution >= 4 is 27.0 Å². The van der Waals surface area contributed by atoms with Crippen molar-refractivity contribution in [2.45, 2.75) is 67.7 Å². The summed E-state index contributed by atoms with van der Waals surface area (Å²) in [6, 6.07) is 4.69. The zero-order chi connectivity index (χ0) is 28.7. The maximum Gasteiger partial charge on any atom is 0.254 e. The maximum atomic E-state index is 13.2. The number of hydrogen-bond acceptors (Lipinski definition) is 11. The molecule has 0 amide bonds. The summed E-state index contributed by atoms with van der Waals surface area (Å²) in [5.41, 5.74) is 1.25. The number of aliphatic hydroxyl groups excluding tert-OH is 3. The summed E-state index contributed by atoms with van der Waals surface area (Å²) >= 11 is 0. The lowest BCUT2D eigenvalue weighted by Crippen LogP contribution is -2.33. The van der Waals surface area contributed by atoms with Crippen molar-refractivity contribution in [3.63, 3.8) is 0 Å². The van der Waals surface area contributed by atoms with Gasteiger partial charge < -0.3 is 25.4 Å². The molecule has 2 fully saturated rings. The van der Waals surface area contributed by atoms with Gasteiger partial charge in [-0.25, -0.2) is 27.2 Å². The summed E-state index contributed by atoms with van der Waals surface area (Å²) in [6.07, 6.45) is 3.93. The third kappa shape index (κ3) is 5.41. The first kappa shape index (κ1) is 27.6. The molecular weight excluding hydrogens is 559 g/mol. The van der Waals surface area contributed by atoms with Crippen molar-refractivity contribution < 1.29 is 32.9 Å². The van der Waals surface area contributed by atoms with Gasteiger partial charge in [0.1, 0.15) is 24.1 Å². The van der Waals surface area contributed by atoms with Gasteiger partial charge in [0, 0.05) is 24.3 Å². The van der Waals surface area contributed by atoms with Crippen molar-refractivity contribution in [1.29, 1.82) is 0 Å². The van der Waals surface area contributed by atoms with Crippen LogP contribution in [-0.4, -0.2) is 84.0 Å². The first-order chi connectivity index (χ1) is 19.7. The molecule has 0 radical (unpaired) electrons. The fraction of sp³-hybridized carbons (Fsp3) is 0.440. The first-order valence-corrected chi connectivity index (χ1v) is 14.6. The number of aliphatic hydroxyl groups is 3. The third-order valence-electron chi connectivity index (χ3n) is 7.33. The standard InChI is InChI=1S/C25H29FN8O6S/c26-15-5-7-17(8-6-15)41(38,39)29-10-14-9-28-34(11-14)25-31-22(30-16-3-1-2-4-16)19-23(32-25)33(13-27-19)24-21(37)20(36)18(12-35)40-24/h5-9,11,13,16,18,20-21,24,29,35-37H,1-4,10,12H2,(H,30,31,32)/t18-,20-,21-,24-/m1/s1. The average Bonchev–Trinajstić information content (AvgIpc) is 3.76. The van der Waals surface area contributed by atoms with E-state index in [0.717, 1.165) is 37.8 Å². The Labute approximate surface area is 233 Å². The Morgan fingerprint density at radius 1 is 1.10 bits per heavy atom. The zero-order valence-corrected chi connectivity index (χ0v) is 22.5. The van der Waals surface area contributed by atoms with Gasteiger partial charge >= 0.3 is 0 Å². The third-order valence-corrected chi connectivity index (χ3v) is 8.75. The van der Waals surface area contributed by atoms with Crippen molar-refractivity contribution in [1.82, 2.24) is 34.0 Å². The number of hydrogen-bond donors (Lipinski definition) is 5. The Morgan fingerprint density at radius 2 is 1.85 bits per heavy atom. The molecule has 5 N–H and O–H groups in total. The van der Waals surface area contributed by atoms with Crippen LogP contribution in [0.25, 0.3) is 17.1 Å². The van der Waals surface area contributed by atoms with E-state index in [0.29, 0.717) is 22.5 Å². The SMILES string of the molecule is O=S(=O)(NCc1cnn(-c2nc(NC3CCCC3)c3ncn([C@@H]4O[C@H](CO)[C@@H](O)[C@H]4O)c3n2)c1)c1ccc(F)cc1. The lowest BCUT2D eigenvalue weighted by atomic mass is 10.1.